The predicted octanol–water partition coefficient (Wildman–Crippen LogP) is 0.708. The number of carbonyl (C=O) groups is 1. The number of morpholine rings is 1. The highest BCUT2D eigenvalue weighted by Gasteiger charge is 2.41. The number of carbonyl (C=O) groups excluding carboxylic acids is 1. The van der Waals surface area contributed by atoms with E-state index < -0.39 is 0 Å². The van der Waals surface area contributed by atoms with E-state index in [4.69, 9.17) is 9.26 Å². The summed E-state index contributed by atoms with van der Waals surface area (Å²) < 4.78 is 11.2. The smallest absolute Gasteiger partial charge is 0.276 e. The monoisotopic (exact) mass is 291 g/mol. The summed E-state index contributed by atoms with van der Waals surface area (Å²) in [6.07, 6.45) is 4.20. The average molecular weight is 291 g/mol. The van der Waals surface area contributed by atoms with Crippen molar-refractivity contribution in [2.75, 3.05) is 33.3 Å². The molecule has 1 aliphatic carbocycles. The van der Waals surface area contributed by atoms with E-state index in [-0.39, 0.29) is 12.0 Å². The Labute approximate surface area is 124 Å². The van der Waals surface area contributed by atoms with Gasteiger partial charge in [0.25, 0.3) is 5.91 Å². The molecule has 1 aromatic heterocycles. The van der Waals surface area contributed by atoms with Crippen LogP contribution < -0.4 is 0 Å². The number of likely N-dealkylation sites (tertiary alicyclic amines) is 1. The third kappa shape index (κ3) is 2.17. The minimum absolute atomic E-state index is 0.00769. The summed E-state index contributed by atoms with van der Waals surface area (Å²) >= 11 is 0. The zero-order valence-corrected chi connectivity index (χ0v) is 12.4. The molecule has 2 aliphatic heterocycles. The van der Waals surface area contributed by atoms with Crippen molar-refractivity contribution in [3.05, 3.63) is 17.0 Å². The number of hydrogen-bond acceptors (Lipinski definition) is 5. The van der Waals surface area contributed by atoms with Gasteiger partial charge in [-0.25, -0.2) is 0 Å². The van der Waals surface area contributed by atoms with E-state index in [0.717, 1.165) is 56.7 Å². The largest absolute Gasteiger partial charge is 0.373 e. The first-order valence-corrected chi connectivity index (χ1v) is 7.82. The number of aryl methyl sites for hydroxylation is 1. The van der Waals surface area contributed by atoms with Gasteiger partial charge in [0.1, 0.15) is 5.76 Å². The van der Waals surface area contributed by atoms with Crippen molar-refractivity contribution in [3.63, 3.8) is 0 Å². The van der Waals surface area contributed by atoms with Crippen LogP contribution in [-0.4, -0.2) is 66.3 Å². The SMILES string of the molecule is CN1CCO[C@@H]2CN(C(=O)c3noc4c3CCCC4)C[C@@H]21. The van der Waals surface area contributed by atoms with Crippen LogP contribution in [0.2, 0.25) is 0 Å². The van der Waals surface area contributed by atoms with E-state index in [1.807, 2.05) is 4.90 Å². The molecular formula is C15H21N3O3. The van der Waals surface area contributed by atoms with E-state index in [0.29, 0.717) is 18.3 Å². The Balaban J connectivity index is 1.54. The maximum absolute atomic E-state index is 12.8. The van der Waals surface area contributed by atoms with Crippen molar-refractivity contribution in [2.45, 2.75) is 37.8 Å². The normalized spacial score (nSPS) is 29.3. The molecule has 0 N–H and O–H groups in total. The van der Waals surface area contributed by atoms with Gasteiger partial charge in [0.05, 0.1) is 18.8 Å². The van der Waals surface area contributed by atoms with Crippen LogP contribution in [0.25, 0.3) is 0 Å². The Hall–Kier alpha value is -1.40. The maximum Gasteiger partial charge on any atom is 0.276 e. The van der Waals surface area contributed by atoms with E-state index in [1.54, 1.807) is 0 Å². The van der Waals surface area contributed by atoms with Crippen molar-refractivity contribution in [3.8, 4) is 0 Å². The van der Waals surface area contributed by atoms with Crippen LogP contribution in [-0.2, 0) is 17.6 Å². The Kier molecular flexibility index (Phi) is 3.23. The third-order valence-corrected chi connectivity index (χ3v) is 5.02. The van der Waals surface area contributed by atoms with Crippen molar-refractivity contribution in [1.29, 1.82) is 0 Å². The van der Waals surface area contributed by atoms with Gasteiger partial charge in [0, 0.05) is 31.6 Å². The Morgan fingerprint density at radius 1 is 1.29 bits per heavy atom. The summed E-state index contributed by atoms with van der Waals surface area (Å²) in [6.45, 7) is 3.07. The molecule has 1 amide bonds. The number of fused-ring (bicyclic) bond motifs is 2. The fourth-order valence-electron chi connectivity index (χ4n) is 3.73. The van der Waals surface area contributed by atoms with Crippen LogP contribution in [0.3, 0.4) is 0 Å². The van der Waals surface area contributed by atoms with Gasteiger partial charge in [-0.1, -0.05) is 5.16 Å². The molecule has 3 aliphatic rings. The number of nitrogens with zero attached hydrogens (tertiary/aromatic N) is 3. The molecule has 2 atom stereocenters. The molecule has 6 heteroatoms. The zero-order valence-electron chi connectivity index (χ0n) is 12.4. The van der Waals surface area contributed by atoms with E-state index >= 15 is 0 Å². The topological polar surface area (TPSA) is 58.8 Å². The highest BCUT2D eigenvalue weighted by atomic mass is 16.5. The Bertz CT molecular complexity index is 556. The lowest BCUT2D eigenvalue weighted by atomic mass is 9.96. The van der Waals surface area contributed by atoms with Gasteiger partial charge in [-0.3, -0.25) is 9.69 Å². The van der Waals surface area contributed by atoms with Crippen LogP contribution in [0.15, 0.2) is 4.52 Å². The van der Waals surface area contributed by atoms with Gasteiger partial charge < -0.3 is 14.2 Å². The molecule has 0 radical (unpaired) electrons. The third-order valence-electron chi connectivity index (χ3n) is 5.02. The zero-order chi connectivity index (χ0) is 14.4. The van der Waals surface area contributed by atoms with Crippen molar-refractivity contribution in [1.82, 2.24) is 15.0 Å². The standard InChI is InChI=1S/C15H21N3O3/c1-17-6-7-20-13-9-18(8-11(13)17)15(19)14-10-4-2-3-5-12(10)21-16-14/h11,13H,2-9H2,1H3/t11-,13+/m0/s1. The number of hydrogen-bond donors (Lipinski definition) is 0. The highest BCUT2D eigenvalue weighted by molar-refractivity contribution is 5.94. The minimum Gasteiger partial charge on any atom is -0.373 e. The molecule has 0 aromatic carbocycles. The molecule has 0 spiro atoms. The second kappa shape index (κ2) is 5.10. The number of rotatable bonds is 1. The first-order chi connectivity index (χ1) is 10.2. The summed E-state index contributed by atoms with van der Waals surface area (Å²) in [5, 5.41) is 4.06. The Morgan fingerprint density at radius 3 is 3.00 bits per heavy atom. The van der Waals surface area contributed by atoms with Gasteiger partial charge in [-0.15, -0.1) is 0 Å². The van der Waals surface area contributed by atoms with E-state index in [1.165, 1.54) is 0 Å². The lowest BCUT2D eigenvalue weighted by Crippen LogP contribution is -2.48. The second-order valence-corrected chi connectivity index (χ2v) is 6.31. The highest BCUT2D eigenvalue weighted by Crippen LogP contribution is 2.27. The lowest BCUT2D eigenvalue weighted by molar-refractivity contribution is -0.0368. The molecule has 21 heavy (non-hydrogen) atoms. The molecule has 114 valence electrons. The quantitative estimate of drug-likeness (QED) is 0.762. The van der Waals surface area contributed by atoms with Crippen molar-refractivity contribution < 1.29 is 14.1 Å². The predicted molar refractivity (Wildman–Crippen MR) is 75.2 cm³/mol. The summed E-state index contributed by atoms with van der Waals surface area (Å²) in [6, 6.07) is 0.311. The van der Waals surface area contributed by atoms with Gasteiger partial charge in [-0.2, -0.15) is 0 Å². The molecule has 4 rings (SSSR count). The van der Waals surface area contributed by atoms with Crippen molar-refractivity contribution in [2.24, 2.45) is 0 Å². The van der Waals surface area contributed by atoms with Gasteiger partial charge in [0.15, 0.2) is 5.69 Å². The van der Waals surface area contributed by atoms with Crippen LogP contribution in [0.5, 0.6) is 0 Å². The summed E-state index contributed by atoms with van der Waals surface area (Å²) in [4.78, 5) is 16.9. The van der Waals surface area contributed by atoms with E-state index in [2.05, 4.69) is 17.1 Å². The first kappa shape index (κ1) is 13.3. The molecule has 6 nitrogen and oxygen atoms in total. The summed E-state index contributed by atoms with van der Waals surface area (Å²) in [5.41, 5.74) is 1.57. The van der Waals surface area contributed by atoms with E-state index in [9.17, 15) is 4.79 Å². The minimum atomic E-state index is 0.00769. The average Bonchev–Trinajstić information content (AvgIpc) is 3.11. The molecule has 1 aromatic rings. The first-order valence-electron chi connectivity index (χ1n) is 7.82. The van der Waals surface area contributed by atoms with Crippen LogP contribution in [0.4, 0.5) is 0 Å². The maximum atomic E-state index is 12.8. The van der Waals surface area contributed by atoms with Crippen LogP contribution in [0.1, 0.15) is 34.7 Å². The Morgan fingerprint density at radius 2 is 2.14 bits per heavy atom. The summed E-state index contributed by atoms with van der Waals surface area (Å²) in [5.74, 6) is 0.919. The molecular weight excluding hydrogens is 270 g/mol. The molecule has 0 unspecified atom stereocenters. The number of amides is 1. The fraction of sp³-hybridized carbons (Fsp3) is 0.733. The molecule has 3 heterocycles. The number of aromatic nitrogens is 1. The van der Waals surface area contributed by atoms with Gasteiger partial charge in [0.2, 0.25) is 0 Å². The molecule has 0 saturated carbocycles. The van der Waals surface area contributed by atoms with Gasteiger partial charge >= 0.3 is 0 Å². The van der Waals surface area contributed by atoms with Crippen molar-refractivity contribution >= 4 is 5.91 Å². The molecule has 0 bridgehead atoms. The number of ether oxygens (including phenoxy) is 1. The van der Waals surface area contributed by atoms with Crippen LogP contribution in [0, 0.1) is 0 Å². The summed E-state index contributed by atoms with van der Waals surface area (Å²) in [7, 11) is 2.10. The molecule has 2 fully saturated rings. The van der Waals surface area contributed by atoms with Gasteiger partial charge in [-0.05, 0) is 26.3 Å². The second-order valence-electron chi connectivity index (χ2n) is 6.31. The van der Waals surface area contributed by atoms with Crippen LogP contribution >= 0.6 is 0 Å². The lowest BCUT2D eigenvalue weighted by Gasteiger charge is -2.33. The molecule has 2 saturated heterocycles. The number of likely N-dealkylation sites (N-methyl/N-ethyl adjacent to an activating group) is 1. The fourth-order valence-corrected chi connectivity index (χ4v) is 3.73.